The van der Waals surface area contributed by atoms with Gasteiger partial charge in [-0.05, 0) is 41.5 Å². The van der Waals surface area contributed by atoms with Crippen LogP contribution in [-0.4, -0.2) is 24.6 Å². The standard InChI is InChI=1S/C11H15BrFN3O2/c1-2-14-4-3-5-15-10-6-8(12)9(13)7-11(10)16(17)18/h6-7,14-15H,2-5H2,1H3. The van der Waals surface area contributed by atoms with Gasteiger partial charge in [0.05, 0.1) is 15.5 Å². The van der Waals surface area contributed by atoms with Gasteiger partial charge >= 0.3 is 0 Å². The van der Waals surface area contributed by atoms with Crippen LogP contribution in [0, 0.1) is 15.9 Å². The van der Waals surface area contributed by atoms with Crippen LogP contribution in [0.1, 0.15) is 13.3 Å². The Morgan fingerprint density at radius 1 is 1.44 bits per heavy atom. The molecule has 7 heteroatoms. The van der Waals surface area contributed by atoms with Gasteiger partial charge in [-0.1, -0.05) is 6.92 Å². The quantitative estimate of drug-likeness (QED) is 0.460. The number of rotatable bonds is 7. The van der Waals surface area contributed by atoms with Gasteiger partial charge in [-0.2, -0.15) is 0 Å². The lowest BCUT2D eigenvalue weighted by Gasteiger charge is -2.08. The molecule has 0 saturated carbocycles. The van der Waals surface area contributed by atoms with E-state index in [0.29, 0.717) is 12.2 Å². The van der Waals surface area contributed by atoms with E-state index in [1.54, 1.807) is 0 Å². The fourth-order valence-electron chi connectivity index (χ4n) is 1.44. The highest BCUT2D eigenvalue weighted by atomic mass is 79.9. The van der Waals surface area contributed by atoms with Crippen LogP contribution in [-0.2, 0) is 0 Å². The molecule has 1 aromatic rings. The molecular weight excluding hydrogens is 305 g/mol. The third-order valence-corrected chi connectivity index (χ3v) is 2.94. The summed E-state index contributed by atoms with van der Waals surface area (Å²) in [6.07, 6.45) is 0.833. The van der Waals surface area contributed by atoms with Gasteiger partial charge in [-0.3, -0.25) is 10.1 Å². The predicted molar refractivity (Wildman–Crippen MR) is 72.4 cm³/mol. The lowest BCUT2D eigenvalue weighted by molar-refractivity contribution is -0.384. The molecule has 0 heterocycles. The van der Waals surface area contributed by atoms with Crippen LogP contribution in [0.5, 0.6) is 0 Å². The highest BCUT2D eigenvalue weighted by Gasteiger charge is 2.17. The van der Waals surface area contributed by atoms with Gasteiger partial charge in [0.2, 0.25) is 0 Å². The molecule has 100 valence electrons. The molecule has 0 fully saturated rings. The Balaban J connectivity index is 2.68. The summed E-state index contributed by atoms with van der Waals surface area (Å²) in [4.78, 5) is 10.2. The number of nitrogens with one attached hydrogen (secondary N) is 2. The van der Waals surface area contributed by atoms with Crippen LogP contribution in [0.25, 0.3) is 0 Å². The summed E-state index contributed by atoms with van der Waals surface area (Å²) in [5, 5.41) is 16.9. The molecule has 0 aliphatic heterocycles. The number of nitro groups is 1. The number of hydrogen-bond acceptors (Lipinski definition) is 4. The molecule has 0 aromatic heterocycles. The van der Waals surface area contributed by atoms with E-state index in [0.717, 1.165) is 25.6 Å². The van der Waals surface area contributed by atoms with Gasteiger partial charge in [0.15, 0.2) is 0 Å². The number of halogens is 2. The lowest BCUT2D eigenvalue weighted by Crippen LogP contribution is -2.17. The van der Waals surface area contributed by atoms with Crippen molar-refractivity contribution < 1.29 is 9.31 Å². The number of benzene rings is 1. The van der Waals surface area contributed by atoms with Crippen LogP contribution in [0.4, 0.5) is 15.8 Å². The molecule has 0 bridgehead atoms. The van der Waals surface area contributed by atoms with Crippen LogP contribution < -0.4 is 10.6 Å². The van der Waals surface area contributed by atoms with Crippen molar-refractivity contribution in [1.29, 1.82) is 0 Å². The normalized spacial score (nSPS) is 10.4. The molecule has 0 aliphatic rings. The molecule has 0 spiro atoms. The van der Waals surface area contributed by atoms with E-state index < -0.39 is 10.7 Å². The maximum Gasteiger partial charge on any atom is 0.295 e. The first-order valence-electron chi connectivity index (χ1n) is 5.64. The van der Waals surface area contributed by atoms with Gasteiger partial charge in [0.25, 0.3) is 5.69 Å². The molecule has 0 atom stereocenters. The molecule has 1 rings (SSSR count). The van der Waals surface area contributed by atoms with Gasteiger partial charge in [0, 0.05) is 6.54 Å². The van der Waals surface area contributed by atoms with Crippen molar-refractivity contribution >= 4 is 27.3 Å². The fourth-order valence-corrected chi connectivity index (χ4v) is 1.79. The molecule has 0 amide bonds. The number of nitro benzene ring substituents is 1. The second kappa shape index (κ2) is 7.27. The smallest absolute Gasteiger partial charge is 0.295 e. The summed E-state index contributed by atoms with van der Waals surface area (Å²) >= 11 is 3.01. The van der Waals surface area contributed by atoms with Crippen molar-refractivity contribution in [3.8, 4) is 0 Å². The maximum atomic E-state index is 13.2. The summed E-state index contributed by atoms with van der Waals surface area (Å²) in [5.74, 6) is -0.639. The monoisotopic (exact) mass is 319 g/mol. The van der Waals surface area contributed by atoms with E-state index in [-0.39, 0.29) is 10.2 Å². The zero-order chi connectivity index (χ0) is 13.5. The second-order valence-corrected chi connectivity index (χ2v) is 4.53. The van der Waals surface area contributed by atoms with Crippen molar-refractivity contribution in [1.82, 2.24) is 5.32 Å². The maximum absolute atomic E-state index is 13.2. The number of nitrogens with zero attached hydrogens (tertiary/aromatic N) is 1. The third-order valence-electron chi connectivity index (χ3n) is 2.33. The molecule has 0 unspecified atom stereocenters. The average molecular weight is 320 g/mol. The first kappa shape index (κ1) is 14.8. The fraction of sp³-hybridized carbons (Fsp3) is 0.455. The molecular formula is C11H15BrFN3O2. The van der Waals surface area contributed by atoms with E-state index in [1.165, 1.54) is 6.07 Å². The topological polar surface area (TPSA) is 67.2 Å². The Labute approximate surface area is 113 Å². The Hall–Kier alpha value is -1.21. The second-order valence-electron chi connectivity index (χ2n) is 3.67. The first-order chi connectivity index (χ1) is 8.56. The zero-order valence-corrected chi connectivity index (χ0v) is 11.6. The molecule has 0 aliphatic carbocycles. The van der Waals surface area contributed by atoms with Gasteiger partial charge in [-0.15, -0.1) is 0 Å². The van der Waals surface area contributed by atoms with Crippen molar-refractivity contribution in [3.05, 3.63) is 32.5 Å². The largest absolute Gasteiger partial charge is 0.379 e. The van der Waals surface area contributed by atoms with Gasteiger partial charge in [0.1, 0.15) is 11.5 Å². The first-order valence-corrected chi connectivity index (χ1v) is 6.43. The summed E-state index contributed by atoms with van der Waals surface area (Å²) in [6.45, 7) is 4.32. The molecule has 2 N–H and O–H groups in total. The SMILES string of the molecule is CCNCCCNc1cc(Br)c(F)cc1[N+](=O)[O-]. The Bertz CT molecular complexity index is 429. The van der Waals surface area contributed by atoms with E-state index in [2.05, 4.69) is 26.6 Å². The van der Waals surface area contributed by atoms with Crippen molar-refractivity contribution in [2.75, 3.05) is 25.0 Å². The Morgan fingerprint density at radius 2 is 2.17 bits per heavy atom. The van der Waals surface area contributed by atoms with Gasteiger partial charge in [-0.25, -0.2) is 4.39 Å². The van der Waals surface area contributed by atoms with Crippen LogP contribution in [0.15, 0.2) is 16.6 Å². The van der Waals surface area contributed by atoms with Crippen molar-refractivity contribution in [2.45, 2.75) is 13.3 Å². The van der Waals surface area contributed by atoms with E-state index in [1.807, 2.05) is 6.92 Å². The molecule has 0 saturated heterocycles. The third kappa shape index (κ3) is 4.23. The minimum absolute atomic E-state index is 0.210. The number of hydrogen-bond donors (Lipinski definition) is 2. The van der Waals surface area contributed by atoms with Crippen LogP contribution in [0.3, 0.4) is 0 Å². The summed E-state index contributed by atoms with van der Waals surface area (Å²) in [5.41, 5.74) is 0.0731. The molecule has 1 aromatic carbocycles. The van der Waals surface area contributed by atoms with Crippen LogP contribution in [0.2, 0.25) is 0 Å². The molecule has 5 nitrogen and oxygen atoms in total. The van der Waals surface area contributed by atoms with Gasteiger partial charge < -0.3 is 10.6 Å². The number of anilines is 1. The Kier molecular flexibility index (Phi) is 6.00. The van der Waals surface area contributed by atoms with Crippen LogP contribution >= 0.6 is 15.9 Å². The van der Waals surface area contributed by atoms with Crippen molar-refractivity contribution in [3.63, 3.8) is 0 Å². The van der Waals surface area contributed by atoms with E-state index in [9.17, 15) is 14.5 Å². The highest BCUT2D eigenvalue weighted by molar-refractivity contribution is 9.10. The average Bonchev–Trinajstić information content (AvgIpc) is 2.32. The summed E-state index contributed by atoms with van der Waals surface area (Å²) in [6, 6.07) is 2.30. The minimum atomic E-state index is -0.639. The highest BCUT2D eigenvalue weighted by Crippen LogP contribution is 2.30. The molecule has 0 radical (unpaired) electrons. The zero-order valence-electron chi connectivity index (χ0n) is 10.0. The van der Waals surface area contributed by atoms with Crippen molar-refractivity contribution in [2.24, 2.45) is 0 Å². The van der Waals surface area contributed by atoms with E-state index in [4.69, 9.17) is 0 Å². The lowest BCUT2D eigenvalue weighted by atomic mass is 10.2. The Morgan fingerprint density at radius 3 is 2.78 bits per heavy atom. The summed E-state index contributed by atoms with van der Waals surface area (Å²) < 4.78 is 13.4. The summed E-state index contributed by atoms with van der Waals surface area (Å²) in [7, 11) is 0. The predicted octanol–water partition coefficient (Wildman–Crippen LogP) is 2.91. The van der Waals surface area contributed by atoms with E-state index >= 15 is 0 Å². The molecule has 18 heavy (non-hydrogen) atoms. The minimum Gasteiger partial charge on any atom is -0.379 e.